The number of aromatic nitrogens is 2. The van der Waals surface area contributed by atoms with Crippen LogP contribution >= 0.6 is 0 Å². The first-order valence-electron chi connectivity index (χ1n) is 11.2. The Bertz CT molecular complexity index is 1430. The van der Waals surface area contributed by atoms with Gasteiger partial charge in [0.2, 0.25) is 0 Å². The predicted octanol–water partition coefficient (Wildman–Crippen LogP) is 8.69. The molecule has 6 aromatic rings. The molecule has 0 saturated carbocycles. The van der Waals surface area contributed by atoms with Gasteiger partial charge in [0.25, 0.3) is 0 Å². The van der Waals surface area contributed by atoms with Gasteiger partial charge in [-0.1, -0.05) is 35.4 Å². The quantitative estimate of drug-likeness (QED) is 0.129. The molecule has 2 N–H and O–H groups in total. The van der Waals surface area contributed by atoms with Crippen LogP contribution in [0.5, 0.6) is 0 Å². The summed E-state index contributed by atoms with van der Waals surface area (Å²) in [6.45, 7) is 0. The standard InChI is InChI=1S/2C15H10F2N.Ti/c2*16-12-8-7-11(13-6-3-9-18-13)15(17)14(12)10-4-1-2-5-10;/h2*1-9,18H;/q2*-1;+2. The van der Waals surface area contributed by atoms with E-state index in [1.54, 1.807) is 85.2 Å². The second kappa shape index (κ2) is 11.5. The van der Waals surface area contributed by atoms with Crippen molar-refractivity contribution in [1.82, 2.24) is 9.97 Å². The second-order valence-corrected chi connectivity index (χ2v) is 8.08. The van der Waals surface area contributed by atoms with Crippen molar-refractivity contribution in [3.05, 3.63) is 133 Å². The Labute approximate surface area is 226 Å². The summed E-state index contributed by atoms with van der Waals surface area (Å²) in [7, 11) is 0. The first kappa shape index (κ1) is 26.2. The van der Waals surface area contributed by atoms with E-state index in [9.17, 15) is 17.6 Å². The van der Waals surface area contributed by atoms with Gasteiger partial charge in [-0.15, -0.1) is 24.3 Å². The molecule has 2 nitrogen and oxygen atoms in total. The van der Waals surface area contributed by atoms with E-state index in [0.717, 1.165) is 0 Å². The van der Waals surface area contributed by atoms with Gasteiger partial charge < -0.3 is 9.97 Å². The van der Waals surface area contributed by atoms with Gasteiger partial charge in [-0.25, -0.2) is 0 Å². The molecule has 37 heavy (non-hydrogen) atoms. The summed E-state index contributed by atoms with van der Waals surface area (Å²) >= 11 is 0. The second-order valence-electron chi connectivity index (χ2n) is 8.08. The first-order valence-corrected chi connectivity index (χ1v) is 11.2. The van der Waals surface area contributed by atoms with Crippen LogP contribution in [-0.2, 0) is 21.7 Å². The van der Waals surface area contributed by atoms with Crippen molar-refractivity contribution < 1.29 is 39.3 Å². The number of benzene rings is 2. The Kier molecular flexibility index (Phi) is 8.12. The molecular formula is C30H20F4N2Ti. The molecule has 0 spiro atoms. The molecule has 0 aliphatic rings. The van der Waals surface area contributed by atoms with E-state index >= 15 is 0 Å². The van der Waals surface area contributed by atoms with Crippen LogP contribution < -0.4 is 0 Å². The summed E-state index contributed by atoms with van der Waals surface area (Å²) < 4.78 is 56.4. The molecule has 0 saturated heterocycles. The number of rotatable bonds is 4. The fraction of sp³-hybridized carbons (Fsp3) is 0. The van der Waals surface area contributed by atoms with Gasteiger partial charge in [-0.2, -0.15) is 24.3 Å². The number of hydrogen-bond donors (Lipinski definition) is 2. The SMILES string of the molecule is Fc1ccc(-c2ccc[nH]2)c(F)c1-[c-]1cccc1.Fc1ccc(-c2ccc[nH]2)c(F)c1-[c-]1cccc1.[Ti+2]. The van der Waals surface area contributed by atoms with Crippen molar-refractivity contribution in [1.29, 1.82) is 0 Å². The Hall–Kier alpha value is -3.87. The number of nitrogens with one attached hydrogen (secondary N) is 2. The Morgan fingerprint density at radius 1 is 0.486 bits per heavy atom. The van der Waals surface area contributed by atoms with Gasteiger partial charge in [-0.3, -0.25) is 17.6 Å². The third-order valence-corrected chi connectivity index (χ3v) is 5.86. The van der Waals surface area contributed by atoms with E-state index in [-0.39, 0.29) is 32.8 Å². The minimum atomic E-state index is -0.547. The van der Waals surface area contributed by atoms with Gasteiger partial charge >= 0.3 is 21.7 Å². The van der Waals surface area contributed by atoms with Crippen LogP contribution in [0.15, 0.2) is 109 Å². The van der Waals surface area contributed by atoms with Crippen LogP contribution in [0.4, 0.5) is 17.6 Å². The van der Waals surface area contributed by atoms with Gasteiger partial charge in [0, 0.05) is 23.8 Å². The van der Waals surface area contributed by atoms with Crippen molar-refractivity contribution in [2.75, 3.05) is 0 Å². The molecule has 0 atom stereocenters. The fourth-order valence-corrected chi connectivity index (χ4v) is 4.13. The summed E-state index contributed by atoms with van der Waals surface area (Å²) in [4.78, 5) is 5.85. The minimum Gasteiger partial charge on any atom is -0.362 e. The summed E-state index contributed by atoms with van der Waals surface area (Å²) in [6, 6.07) is 26.4. The fourth-order valence-electron chi connectivity index (χ4n) is 4.13. The number of halogens is 4. The third-order valence-electron chi connectivity index (χ3n) is 5.86. The number of hydrogen-bond acceptors (Lipinski definition) is 0. The summed E-state index contributed by atoms with van der Waals surface area (Å²) in [5.41, 5.74) is 3.17. The Balaban J connectivity index is 0.000000168. The van der Waals surface area contributed by atoms with Crippen LogP contribution in [0, 0.1) is 23.3 Å². The minimum absolute atomic E-state index is 0. The molecule has 6 rings (SSSR count). The molecule has 182 valence electrons. The number of aromatic amines is 2. The smallest absolute Gasteiger partial charge is 0.362 e. The van der Waals surface area contributed by atoms with E-state index in [1.807, 2.05) is 0 Å². The molecule has 0 amide bonds. The molecule has 0 aliphatic carbocycles. The molecule has 4 aromatic carbocycles. The Morgan fingerprint density at radius 3 is 1.19 bits per heavy atom. The van der Waals surface area contributed by atoms with Gasteiger partial charge in [0.1, 0.15) is 0 Å². The monoisotopic (exact) mass is 532 g/mol. The van der Waals surface area contributed by atoms with E-state index < -0.39 is 23.3 Å². The largest absolute Gasteiger partial charge is 2.00 e. The van der Waals surface area contributed by atoms with E-state index in [4.69, 9.17) is 0 Å². The molecule has 2 aromatic heterocycles. The van der Waals surface area contributed by atoms with Crippen molar-refractivity contribution in [2.24, 2.45) is 0 Å². The molecule has 0 fully saturated rings. The average Bonchev–Trinajstić information content (AvgIpc) is 3.69. The zero-order valence-corrected chi connectivity index (χ0v) is 21.0. The normalized spacial score (nSPS) is 10.5. The third kappa shape index (κ3) is 5.31. The summed E-state index contributed by atoms with van der Waals surface area (Å²) in [5, 5.41) is 0. The summed E-state index contributed by atoms with van der Waals surface area (Å²) in [6.07, 6.45) is 3.42. The molecule has 2 heterocycles. The zero-order chi connectivity index (χ0) is 25.1. The number of H-pyrrole nitrogens is 2. The molecular weight excluding hydrogens is 512 g/mol. The molecule has 0 aliphatic heterocycles. The predicted molar refractivity (Wildman–Crippen MR) is 134 cm³/mol. The maximum Gasteiger partial charge on any atom is 2.00 e. The van der Waals surface area contributed by atoms with Crippen LogP contribution in [0.1, 0.15) is 0 Å². The van der Waals surface area contributed by atoms with Crippen LogP contribution in [0.3, 0.4) is 0 Å². The van der Waals surface area contributed by atoms with Crippen molar-refractivity contribution in [2.45, 2.75) is 0 Å². The van der Waals surface area contributed by atoms with Crippen molar-refractivity contribution in [3.63, 3.8) is 0 Å². The Morgan fingerprint density at radius 2 is 0.865 bits per heavy atom. The molecule has 7 heteroatoms. The topological polar surface area (TPSA) is 31.6 Å². The van der Waals surface area contributed by atoms with Gasteiger partial charge in [0.05, 0.1) is 23.3 Å². The maximum atomic E-state index is 14.4. The molecule has 0 unspecified atom stereocenters. The van der Waals surface area contributed by atoms with Crippen LogP contribution in [0.25, 0.3) is 44.8 Å². The van der Waals surface area contributed by atoms with Gasteiger partial charge in [-0.05, 0) is 46.5 Å². The maximum absolute atomic E-state index is 14.4. The molecule has 0 radical (unpaired) electrons. The summed E-state index contributed by atoms with van der Waals surface area (Å²) in [5.74, 6) is -2.17. The van der Waals surface area contributed by atoms with Crippen LogP contribution in [0.2, 0.25) is 0 Å². The van der Waals surface area contributed by atoms with Crippen molar-refractivity contribution in [3.8, 4) is 44.8 Å². The first-order chi connectivity index (χ1) is 17.5. The van der Waals surface area contributed by atoms with Crippen LogP contribution in [-0.4, -0.2) is 9.97 Å². The zero-order valence-electron chi connectivity index (χ0n) is 19.4. The van der Waals surface area contributed by atoms with Crippen molar-refractivity contribution >= 4 is 0 Å². The average molecular weight is 532 g/mol. The van der Waals surface area contributed by atoms with E-state index in [2.05, 4.69) is 9.97 Å². The van der Waals surface area contributed by atoms with Gasteiger partial charge in [0.15, 0.2) is 0 Å². The van der Waals surface area contributed by atoms with E-state index in [1.165, 1.54) is 24.3 Å². The molecule has 0 bridgehead atoms. The van der Waals surface area contributed by atoms with E-state index in [0.29, 0.717) is 33.6 Å².